The van der Waals surface area contributed by atoms with Crippen LogP contribution in [0.3, 0.4) is 0 Å². The van der Waals surface area contributed by atoms with Crippen LogP contribution in [-0.4, -0.2) is 18.7 Å². The van der Waals surface area contributed by atoms with Crippen molar-refractivity contribution in [3.8, 4) is 0 Å². The van der Waals surface area contributed by atoms with Gasteiger partial charge in [-0.2, -0.15) is 0 Å². The largest absolute Gasteiger partial charge is 0.392 e. The molecule has 4 nitrogen and oxygen atoms in total. The number of nitrogens with two attached hydrogens (primary N) is 1. The molecule has 106 valence electrons. The Hall–Kier alpha value is -1.35. The number of hydrogen-bond acceptors (Lipinski definition) is 3. The Morgan fingerprint density at radius 3 is 2.21 bits per heavy atom. The highest BCUT2D eigenvalue weighted by Crippen LogP contribution is 2.20. The average Bonchev–Trinajstić information content (AvgIpc) is 2.24. The molecule has 1 aromatic carbocycles. The van der Waals surface area contributed by atoms with Gasteiger partial charge in [0, 0.05) is 12.1 Å². The Bertz CT molecular complexity index is 582. The lowest BCUT2D eigenvalue weighted by molar-refractivity contribution is 0.448. The number of hydrogen-bond donors (Lipinski definition) is 2. The van der Waals surface area contributed by atoms with Gasteiger partial charge in [-0.1, -0.05) is 19.1 Å². The van der Waals surface area contributed by atoms with Crippen LogP contribution in [0.4, 0.5) is 18.9 Å². The molecular weight excluding hydrogens is 301 g/mol. The first-order valence-corrected chi connectivity index (χ1v) is 7.10. The molecule has 1 unspecified atom stereocenters. The predicted molar refractivity (Wildman–Crippen MR) is 69.7 cm³/mol. The third-order valence-corrected chi connectivity index (χ3v) is 4.60. The van der Waals surface area contributed by atoms with E-state index < -0.39 is 38.4 Å². The lowest BCUT2D eigenvalue weighted by Gasteiger charge is -2.16. The van der Waals surface area contributed by atoms with Crippen LogP contribution in [0.25, 0.3) is 0 Å². The third-order valence-electron chi connectivity index (χ3n) is 2.31. The van der Waals surface area contributed by atoms with Crippen molar-refractivity contribution in [1.29, 1.82) is 0 Å². The topological polar surface area (TPSA) is 72.2 Å². The monoisotopic (exact) mass is 312 g/mol. The number of sulfonamides is 1. The summed E-state index contributed by atoms with van der Waals surface area (Å²) in [5.74, 6) is -4.67. The quantitative estimate of drug-likeness (QED) is 0.643. The Balaban J connectivity index is 3.12. The second kappa shape index (κ2) is 5.74. The van der Waals surface area contributed by atoms with Crippen molar-refractivity contribution in [2.45, 2.75) is 18.6 Å². The lowest BCUT2D eigenvalue weighted by Crippen LogP contribution is -2.37. The number of rotatable bonds is 5. The van der Waals surface area contributed by atoms with Gasteiger partial charge in [0.05, 0.1) is 10.7 Å². The molecule has 1 rings (SSSR count). The van der Waals surface area contributed by atoms with Gasteiger partial charge in [0.25, 0.3) is 0 Å². The molecule has 0 heterocycles. The van der Waals surface area contributed by atoms with E-state index in [-0.39, 0.29) is 11.4 Å². The van der Waals surface area contributed by atoms with E-state index in [1.807, 2.05) is 4.72 Å². The maximum atomic E-state index is 13.0. The molecule has 0 saturated heterocycles. The summed E-state index contributed by atoms with van der Waals surface area (Å²) in [7, 11) is -4.04. The van der Waals surface area contributed by atoms with Crippen LogP contribution in [0.2, 0.25) is 0 Å². The first kappa shape index (κ1) is 15.7. The Morgan fingerprint density at radius 1 is 1.37 bits per heavy atom. The van der Waals surface area contributed by atoms with Crippen LogP contribution in [0.5, 0.6) is 0 Å². The summed E-state index contributed by atoms with van der Waals surface area (Å²) in [5, 5.41) is -1.18. The molecule has 0 saturated carbocycles. The summed E-state index contributed by atoms with van der Waals surface area (Å²) >= 11 is 4.60. The zero-order valence-corrected chi connectivity index (χ0v) is 11.4. The van der Waals surface area contributed by atoms with Crippen molar-refractivity contribution in [1.82, 2.24) is 0 Å². The highest BCUT2D eigenvalue weighted by atomic mass is 32.2. The van der Waals surface area contributed by atoms with Crippen molar-refractivity contribution in [2.24, 2.45) is 5.73 Å². The smallest absolute Gasteiger partial charge is 0.242 e. The minimum atomic E-state index is -4.04. The maximum absolute atomic E-state index is 13.0. The molecule has 0 amide bonds. The molecule has 0 aliphatic carbocycles. The number of nitrogens with one attached hydrogen (secondary N) is 1. The van der Waals surface area contributed by atoms with E-state index in [0.717, 1.165) is 0 Å². The molecule has 9 heteroatoms. The second-order valence-corrected chi connectivity index (χ2v) is 6.03. The van der Waals surface area contributed by atoms with E-state index in [1.54, 1.807) is 0 Å². The summed E-state index contributed by atoms with van der Waals surface area (Å²) in [6, 6.07) is 1.06. The normalized spacial score (nSPS) is 13.1. The van der Waals surface area contributed by atoms with E-state index in [4.69, 9.17) is 5.73 Å². The molecule has 0 radical (unpaired) electrons. The van der Waals surface area contributed by atoms with E-state index in [1.165, 1.54) is 6.92 Å². The van der Waals surface area contributed by atoms with Gasteiger partial charge in [-0.05, 0) is 6.42 Å². The van der Waals surface area contributed by atoms with Crippen molar-refractivity contribution in [2.75, 3.05) is 4.72 Å². The van der Waals surface area contributed by atoms with Crippen molar-refractivity contribution >= 4 is 32.9 Å². The zero-order valence-electron chi connectivity index (χ0n) is 9.78. The van der Waals surface area contributed by atoms with Crippen LogP contribution in [-0.2, 0) is 10.0 Å². The summed E-state index contributed by atoms with van der Waals surface area (Å²) in [6.45, 7) is 1.54. The van der Waals surface area contributed by atoms with Gasteiger partial charge in [-0.3, -0.25) is 4.72 Å². The molecule has 3 N–H and O–H groups in total. The van der Waals surface area contributed by atoms with Gasteiger partial charge in [0.15, 0.2) is 17.5 Å². The summed E-state index contributed by atoms with van der Waals surface area (Å²) in [6.07, 6.45) is 0.0941. The summed E-state index contributed by atoms with van der Waals surface area (Å²) in [5.41, 5.74) is 4.84. The highest BCUT2D eigenvalue weighted by molar-refractivity contribution is 7.95. The summed E-state index contributed by atoms with van der Waals surface area (Å²) < 4.78 is 64.3. The maximum Gasteiger partial charge on any atom is 0.242 e. The molecular formula is C10H11F3N2O2S2. The molecule has 0 aliphatic rings. The molecule has 1 atom stereocenters. The van der Waals surface area contributed by atoms with E-state index in [2.05, 4.69) is 12.2 Å². The highest BCUT2D eigenvalue weighted by Gasteiger charge is 2.27. The van der Waals surface area contributed by atoms with Crippen LogP contribution in [0.15, 0.2) is 12.1 Å². The van der Waals surface area contributed by atoms with Gasteiger partial charge in [-0.15, -0.1) is 0 Å². The first-order valence-electron chi connectivity index (χ1n) is 5.14. The fraction of sp³-hybridized carbons (Fsp3) is 0.300. The molecule has 0 fully saturated rings. The van der Waals surface area contributed by atoms with Gasteiger partial charge in [0.2, 0.25) is 10.0 Å². The van der Waals surface area contributed by atoms with Gasteiger partial charge < -0.3 is 5.73 Å². The van der Waals surface area contributed by atoms with Gasteiger partial charge >= 0.3 is 0 Å². The van der Waals surface area contributed by atoms with Crippen molar-refractivity contribution in [3.05, 3.63) is 29.6 Å². The van der Waals surface area contributed by atoms with Crippen molar-refractivity contribution < 1.29 is 21.6 Å². The van der Waals surface area contributed by atoms with E-state index in [0.29, 0.717) is 12.1 Å². The van der Waals surface area contributed by atoms with Crippen LogP contribution < -0.4 is 10.5 Å². The number of halogens is 3. The lowest BCUT2D eigenvalue weighted by atomic mass is 10.3. The minimum absolute atomic E-state index is 0.0941. The molecule has 19 heavy (non-hydrogen) atoms. The Labute approximate surface area is 113 Å². The Morgan fingerprint density at radius 2 is 1.84 bits per heavy atom. The van der Waals surface area contributed by atoms with Gasteiger partial charge in [0.1, 0.15) is 5.25 Å². The molecule has 0 spiro atoms. The van der Waals surface area contributed by atoms with Crippen LogP contribution in [0.1, 0.15) is 13.3 Å². The molecule has 1 aromatic rings. The number of thiocarbonyl (C=S) groups is 1. The zero-order chi connectivity index (χ0) is 14.8. The molecule has 0 aliphatic heterocycles. The standard InChI is InChI=1S/C10H11F3N2O2S2/c1-2-8(10(14)18)19(16,17)15-5-3-6(11)9(13)7(12)4-5/h3-4,8,15H,2H2,1H3,(H2,14,18). The average molecular weight is 312 g/mol. The Kier molecular flexibility index (Phi) is 4.75. The number of anilines is 1. The summed E-state index contributed by atoms with van der Waals surface area (Å²) in [4.78, 5) is -0.266. The predicted octanol–water partition coefficient (Wildman–Crippen LogP) is 1.91. The molecule has 0 aromatic heterocycles. The van der Waals surface area contributed by atoms with Crippen molar-refractivity contribution in [3.63, 3.8) is 0 Å². The second-order valence-electron chi connectivity index (χ2n) is 3.70. The molecule has 0 bridgehead atoms. The fourth-order valence-electron chi connectivity index (χ4n) is 1.42. The van der Waals surface area contributed by atoms with Gasteiger partial charge in [-0.25, -0.2) is 21.6 Å². The minimum Gasteiger partial charge on any atom is -0.392 e. The number of benzene rings is 1. The fourth-order valence-corrected chi connectivity index (χ4v) is 3.30. The van der Waals surface area contributed by atoms with Crippen LogP contribution >= 0.6 is 12.2 Å². The van der Waals surface area contributed by atoms with Crippen LogP contribution in [0, 0.1) is 17.5 Å². The van der Waals surface area contributed by atoms with E-state index >= 15 is 0 Å². The SMILES string of the molecule is CCC(C(N)=S)S(=O)(=O)Nc1cc(F)c(F)c(F)c1. The first-order chi connectivity index (χ1) is 8.69. The third kappa shape index (κ3) is 3.57. The van der Waals surface area contributed by atoms with E-state index in [9.17, 15) is 21.6 Å².